The summed E-state index contributed by atoms with van der Waals surface area (Å²) < 4.78 is 0. The van der Waals surface area contributed by atoms with Crippen LogP contribution >= 0.6 is 0 Å². The minimum absolute atomic E-state index is 0.196. The molecule has 1 fully saturated rings. The lowest BCUT2D eigenvalue weighted by Gasteiger charge is -2.36. The summed E-state index contributed by atoms with van der Waals surface area (Å²) in [6.45, 7) is 8.39. The summed E-state index contributed by atoms with van der Waals surface area (Å²) in [6.07, 6.45) is 21.5. The van der Waals surface area contributed by atoms with Gasteiger partial charge in [-0.25, -0.2) is 4.98 Å². The average Bonchev–Trinajstić information content (AvgIpc) is 3.27. The van der Waals surface area contributed by atoms with Gasteiger partial charge in [0.2, 0.25) is 0 Å². The number of nitrogens with two attached hydrogens (primary N) is 1. The predicted octanol–water partition coefficient (Wildman–Crippen LogP) is 5.12. The summed E-state index contributed by atoms with van der Waals surface area (Å²) in [6, 6.07) is 12.9. The molecule has 1 aliphatic heterocycles. The fraction of sp³-hybridized carbons (Fsp3) is 0.250. The minimum Gasteiger partial charge on any atom is -0.349 e. The second kappa shape index (κ2) is 11.0. The Morgan fingerprint density at radius 2 is 2.03 bits per heavy atom. The monoisotopic (exact) mass is 489 g/mol. The highest BCUT2D eigenvalue weighted by atomic mass is 15.1. The smallest absolute Gasteiger partial charge is 0.114 e. The number of hydrogen-bond acceptors (Lipinski definition) is 4. The maximum absolute atomic E-state index is 6.52. The third-order valence-electron chi connectivity index (χ3n) is 7.26. The zero-order chi connectivity index (χ0) is 25.8. The summed E-state index contributed by atoms with van der Waals surface area (Å²) in [5, 5.41) is 2.04. The Balaban J connectivity index is 1.52. The van der Waals surface area contributed by atoms with Crippen LogP contribution in [0.4, 0.5) is 0 Å². The molecule has 0 saturated heterocycles. The van der Waals surface area contributed by atoms with E-state index in [1.165, 1.54) is 12.8 Å². The molecule has 5 heteroatoms. The first-order chi connectivity index (χ1) is 18.0. The second-order valence-electron chi connectivity index (χ2n) is 9.84. The molecule has 1 saturated carbocycles. The Bertz CT molecular complexity index is 1500. The Hall–Kier alpha value is -3.96. The van der Waals surface area contributed by atoms with Crippen LogP contribution in [0.5, 0.6) is 0 Å². The summed E-state index contributed by atoms with van der Waals surface area (Å²) >= 11 is 0. The van der Waals surface area contributed by atoms with E-state index in [0.717, 1.165) is 62.8 Å². The molecule has 2 atom stereocenters. The zero-order valence-corrected chi connectivity index (χ0v) is 21.7. The van der Waals surface area contributed by atoms with Crippen molar-refractivity contribution < 1.29 is 0 Å². The van der Waals surface area contributed by atoms with Gasteiger partial charge in [-0.2, -0.15) is 0 Å². The van der Waals surface area contributed by atoms with E-state index in [0.29, 0.717) is 6.04 Å². The van der Waals surface area contributed by atoms with Crippen molar-refractivity contribution in [1.29, 1.82) is 0 Å². The Labute approximate surface area is 219 Å². The van der Waals surface area contributed by atoms with Crippen LogP contribution in [-0.2, 0) is 0 Å². The van der Waals surface area contributed by atoms with E-state index < -0.39 is 0 Å². The van der Waals surface area contributed by atoms with E-state index in [9.17, 15) is 0 Å². The van der Waals surface area contributed by atoms with Crippen LogP contribution in [-0.4, -0.2) is 31.9 Å². The first-order valence-corrected chi connectivity index (χ1v) is 13.1. The maximum Gasteiger partial charge on any atom is 0.114 e. The van der Waals surface area contributed by atoms with Crippen molar-refractivity contribution in [3.8, 4) is 22.6 Å². The van der Waals surface area contributed by atoms with Gasteiger partial charge < -0.3 is 15.6 Å². The topological polar surface area (TPSA) is 70.8 Å². The highest BCUT2D eigenvalue weighted by Gasteiger charge is 2.25. The number of aryl methyl sites for hydroxylation is 1. The van der Waals surface area contributed by atoms with Crippen LogP contribution < -0.4 is 16.2 Å². The molecule has 37 heavy (non-hydrogen) atoms. The van der Waals surface area contributed by atoms with Gasteiger partial charge in [0.1, 0.15) is 5.69 Å². The number of imidazole rings is 1. The average molecular weight is 490 g/mol. The molecule has 0 spiro atoms. The molecule has 5 nitrogen and oxygen atoms in total. The molecule has 0 bridgehead atoms. The molecule has 2 aromatic heterocycles. The van der Waals surface area contributed by atoms with Crippen molar-refractivity contribution in [2.24, 2.45) is 5.73 Å². The fourth-order valence-corrected chi connectivity index (χ4v) is 5.21. The molecule has 3 aromatic rings. The van der Waals surface area contributed by atoms with Gasteiger partial charge in [-0.1, -0.05) is 55.8 Å². The van der Waals surface area contributed by atoms with Crippen molar-refractivity contribution in [3.63, 3.8) is 0 Å². The first-order valence-electron chi connectivity index (χ1n) is 13.1. The van der Waals surface area contributed by atoms with Crippen molar-refractivity contribution in [2.45, 2.75) is 51.6 Å². The second-order valence-corrected chi connectivity index (χ2v) is 9.84. The SMILES string of the molecule is C=c1ccc(-c2[nH]cnc2-c2cccc(C)n2)c/c1=C/C(=C\C)C1=CN([C@@H]2CCCC[C@H]2N)C=CC=C1. The summed E-state index contributed by atoms with van der Waals surface area (Å²) in [5.41, 5.74) is 13.5. The molecule has 5 rings (SSSR count). The highest BCUT2D eigenvalue weighted by Crippen LogP contribution is 2.28. The van der Waals surface area contributed by atoms with Gasteiger partial charge in [0.05, 0.1) is 17.7 Å². The van der Waals surface area contributed by atoms with Gasteiger partial charge in [0, 0.05) is 35.7 Å². The highest BCUT2D eigenvalue weighted by molar-refractivity contribution is 5.76. The van der Waals surface area contributed by atoms with Gasteiger partial charge in [0.25, 0.3) is 0 Å². The van der Waals surface area contributed by atoms with E-state index in [1.54, 1.807) is 6.33 Å². The number of nitrogens with zero attached hydrogens (tertiary/aromatic N) is 3. The molecular weight excluding hydrogens is 454 g/mol. The molecule has 3 N–H and O–H groups in total. The summed E-state index contributed by atoms with van der Waals surface area (Å²) in [7, 11) is 0. The lowest BCUT2D eigenvalue weighted by molar-refractivity contribution is 0.243. The Morgan fingerprint density at radius 1 is 1.16 bits per heavy atom. The van der Waals surface area contributed by atoms with Crippen molar-refractivity contribution in [2.75, 3.05) is 0 Å². The van der Waals surface area contributed by atoms with Crippen LogP contribution in [0.15, 0.2) is 90.6 Å². The standard InChI is InChI=1S/C32H35N5/c1-4-24(26-11-7-8-17-37(20-26)30-14-6-5-12-28(30)33)18-27-19-25(16-15-22(27)2)31-32(35-21-34-31)29-13-9-10-23(3)36-29/h4,7-11,13,15-21,28,30H,2,5-6,12,14,33H2,1,3H3,(H,34,35)/b24-4+,27-18-/t28-,30-/m1/s1. The number of allylic oxidation sites excluding steroid dienone is 6. The van der Waals surface area contributed by atoms with Crippen LogP contribution in [0, 0.1) is 6.92 Å². The van der Waals surface area contributed by atoms with Gasteiger partial charge in [-0.05, 0) is 78.6 Å². The third kappa shape index (κ3) is 5.42. The molecule has 0 radical (unpaired) electrons. The van der Waals surface area contributed by atoms with E-state index >= 15 is 0 Å². The Kier molecular flexibility index (Phi) is 7.33. The van der Waals surface area contributed by atoms with Crippen LogP contribution in [0.3, 0.4) is 0 Å². The van der Waals surface area contributed by atoms with Crippen molar-refractivity contribution in [1.82, 2.24) is 19.9 Å². The lowest BCUT2D eigenvalue weighted by atomic mass is 9.90. The molecule has 3 heterocycles. The Morgan fingerprint density at radius 3 is 2.84 bits per heavy atom. The largest absolute Gasteiger partial charge is 0.349 e. The number of aromatic amines is 1. The number of H-pyrrole nitrogens is 1. The van der Waals surface area contributed by atoms with Crippen LogP contribution in [0.25, 0.3) is 35.3 Å². The lowest BCUT2D eigenvalue weighted by Crippen LogP contribution is -2.45. The molecule has 1 aliphatic carbocycles. The fourth-order valence-electron chi connectivity index (χ4n) is 5.21. The number of benzene rings is 1. The van der Waals surface area contributed by atoms with Crippen molar-refractivity contribution in [3.05, 3.63) is 107 Å². The molecule has 188 valence electrons. The van der Waals surface area contributed by atoms with E-state index in [-0.39, 0.29) is 6.04 Å². The molecule has 2 aliphatic rings. The number of pyridine rings is 1. The van der Waals surface area contributed by atoms with Gasteiger partial charge in [-0.3, -0.25) is 4.98 Å². The summed E-state index contributed by atoms with van der Waals surface area (Å²) in [5.74, 6) is 0. The molecule has 0 unspecified atom stereocenters. The number of hydrogen-bond donors (Lipinski definition) is 2. The molecular formula is C32H35N5. The molecule has 1 aromatic carbocycles. The first kappa shape index (κ1) is 24.7. The van der Waals surface area contributed by atoms with Gasteiger partial charge >= 0.3 is 0 Å². The van der Waals surface area contributed by atoms with E-state index in [4.69, 9.17) is 5.73 Å². The summed E-state index contributed by atoms with van der Waals surface area (Å²) in [4.78, 5) is 14.9. The van der Waals surface area contributed by atoms with Crippen molar-refractivity contribution >= 4 is 12.7 Å². The number of rotatable bonds is 5. The zero-order valence-electron chi connectivity index (χ0n) is 21.7. The predicted molar refractivity (Wildman–Crippen MR) is 153 cm³/mol. The van der Waals surface area contributed by atoms with E-state index in [2.05, 4.69) is 94.3 Å². The van der Waals surface area contributed by atoms with Crippen LogP contribution in [0.2, 0.25) is 0 Å². The quantitative estimate of drug-likeness (QED) is 0.522. The van der Waals surface area contributed by atoms with Gasteiger partial charge in [0.15, 0.2) is 0 Å². The number of aromatic nitrogens is 3. The minimum atomic E-state index is 0.196. The number of nitrogens with one attached hydrogen (secondary N) is 1. The van der Waals surface area contributed by atoms with E-state index in [1.807, 2.05) is 25.1 Å². The normalized spacial score (nSPS) is 20.7. The van der Waals surface area contributed by atoms with Gasteiger partial charge in [-0.15, -0.1) is 0 Å². The molecule has 0 amide bonds. The third-order valence-corrected chi connectivity index (χ3v) is 7.26. The van der Waals surface area contributed by atoms with Crippen LogP contribution in [0.1, 0.15) is 38.3 Å². The maximum atomic E-state index is 6.52.